The maximum absolute atomic E-state index is 2.58. The van der Waals surface area contributed by atoms with E-state index < -0.39 is 0 Å². The number of allylic oxidation sites excluding steroid dienone is 4. The van der Waals surface area contributed by atoms with E-state index in [-0.39, 0.29) is 9.52 Å². The van der Waals surface area contributed by atoms with Crippen LogP contribution in [0.2, 0.25) is 0 Å². The zero-order valence-corrected chi connectivity index (χ0v) is 19.0. The van der Waals surface area contributed by atoms with Crippen molar-refractivity contribution in [2.45, 2.75) is 66.2 Å². The number of hydrogen-bond acceptors (Lipinski definition) is 0. The fourth-order valence-corrected chi connectivity index (χ4v) is 6.44. The highest BCUT2D eigenvalue weighted by molar-refractivity contribution is 6.62. The third kappa shape index (κ3) is 5.32. The van der Waals surface area contributed by atoms with E-state index in [1.165, 1.54) is 54.4 Å². The molecule has 0 amide bonds. The molecule has 3 rings (SSSR count). The van der Waals surface area contributed by atoms with Crippen LogP contribution in [0, 0.1) is 20.8 Å². The summed E-state index contributed by atoms with van der Waals surface area (Å²) in [5.41, 5.74) is 9.18. The minimum atomic E-state index is -0.371. The molecule has 27 heavy (non-hydrogen) atoms. The minimum Gasteiger partial charge on any atom is -0.0783 e. The number of benzene rings is 2. The highest BCUT2D eigenvalue weighted by Crippen LogP contribution is 2.31. The standard InChI is InChI=1S/C26H34Si/c1-5-6-8-13-23-17-25(18-24(23)16-22-11-9-7-10-12-22)27-26-20(3)14-19(2)15-21(26)4/h7,9-12,14-15,18H,5-6,8,13,16-17,27H2,1-4H3. The lowest BCUT2D eigenvalue weighted by Gasteiger charge is -2.12. The van der Waals surface area contributed by atoms with E-state index in [0.29, 0.717) is 0 Å². The Morgan fingerprint density at radius 1 is 0.926 bits per heavy atom. The lowest BCUT2D eigenvalue weighted by molar-refractivity contribution is 0.705. The van der Waals surface area contributed by atoms with Crippen molar-refractivity contribution in [2.75, 3.05) is 0 Å². The van der Waals surface area contributed by atoms with Gasteiger partial charge in [-0.3, -0.25) is 0 Å². The van der Waals surface area contributed by atoms with Gasteiger partial charge in [0, 0.05) is 0 Å². The van der Waals surface area contributed by atoms with Crippen LogP contribution in [0.1, 0.15) is 61.3 Å². The molecule has 2 aromatic carbocycles. The van der Waals surface area contributed by atoms with Crippen molar-refractivity contribution in [1.29, 1.82) is 0 Å². The highest BCUT2D eigenvalue weighted by atomic mass is 28.2. The zero-order valence-electron chi connectivity index (χ0n) is 17.6. The molecule has 0 nitrogen and oxygen atoms in total. The van der Waals surface area contributed by atoms with Crippen LogP contribution in [0.5, 0.6) is 0 Å². The van der Waals surface area contributed by atoms with Gasteiger partial charge in [-0.15, -0.1) is 0 Å². The third-order valence-corrected chi connectivity index (χ3v) is 8.21. The van der Waals surface area contributed by atoms with Crippen molar-refractivity contribution in [2.24, 2.45) is 0 Å². The summed E-state index contributed by atoms with van der Waals surface area (Å²) in [4.78, 5) is 0. The summed E-state index contributed by atoms with van der Waals surface area (Å²) in [7, 11) is -0.371. The molecule has 0 saturated carbocycles. The predicted octanol–water partition coefficient (Wildman–Crippen LogP) is 5.81. The van der Waals surface area contributed by atoms with Gasteiger partial charge in [0.2, 0.25) is 0 Å². The maximum Gasteiger partial charge on any atom is 0.0835 e. The van der Waals surface area contributed by atoms with Gasteiger partial charge in [0.25, 0.3) is 0 Å². The Hall–Kier alpha value is -1.86. The average Bonchev–Trinajstić information content (AvgIpc) is 3.01. The molecule has 0 spiro atoms. The molecule has 1 aliphatic carbocycles. The van der Waals surface area contributed by atoms with Gasteiger partial charge in [-0.05, 0) is 57.6 Å². The maximum atomic E-state index is 2.58. The summed E-state index contributed by atoms with van der Waals surface area (Å²) in [5.74, 6) is 0. The first kappa shape index (κ1) is 19.9. The number of rotatable bonds is 8. The molecule has 2 aromatic rings. The Morgan fingerprint density at radius 2 is 1.63 bits per heavy atom. The van der Waals surface area contributed by atoms with Crippen LogP contribution in [0.15, 0.2) is 64.9 Å². The minimum absolute atomic E-state index is 0.371. The van der Waals surface area contributed by atoms with E-state index in [1.54, 1.807) is 21.5 Å². The summed E-state index contributed by atoms with van der Waals surface area (Å²) in [6.45, 7) is 9.12. The van der Waals surface area contributed by atoms with Crippen LogP contribution >= 0.6 is 0 Å². The smallest absolute Gasteiger partial charge is 0.0783 e. The van der Waals surface area contributed by atoms with Crippen molar-refractivity contribution in [1.82, 2.24) is 0 Å². The molecule has 142 valence electrons. The van der Waals surface area contributed by atoms with Gasteiger partial charge in [0.05, 0.1) is 9.52 Å². The molecular weight excluding hydrogens is 340 g/mol. The van der Waals surface area contributed by atoms with Gasteiger partial charge in [-0.1, -0.05) is 101 Å². The van der Waals surface area contributed by atoms with Gasteiger partial charge < -0.3 is 0 Å². The molecular formula is C26H34Si. The van der Waals surface area contributed by atoms with Crippen LogP contribution < -0.4 is 5.19 Å². The van der Waals surface area contributed by atoms with Gasteiger partial charge in [-0.2, -0.15) is 0 Å². The molecule has 0 aromatic heterocycles. The van der Waals surface area contributed by atoms with E-state index in [4.69, 9.17) is 0 Å². The van der Waals surface area contributed by atoms with Crippen molar-refractivity contribution >= 4 is 14.7 Å². The van der Waals surface area contributed by atoms with Crippen LogP contribution in [-0.2, 0) is 6.42 Å². The van der Waals surface area contributed by atoms with Crippen LogP contribution in [0.3, 0.4) is 0 Å². The van der Waals surface area contributed by atoms with E-state index in [2.05, 4.69) is 76.2 Å². The van der Waals surface area contributed by atoms with Crippen molar-refractivity contribution in [3.8, 4) is 0 Å². The number of unbranched alkanes of at least 4 members (excludes halogenated alkanes) is 2. The van der Waals surface area contributed by atoms with E-state index >= 15 is 0 Å². The molecule has 0 atom stereocenters. The van der Waals surface area contributed by atoms with Crippen LogP contribution in [0.25, 0.3) is 0 Å². The molecule has 0 N–H and O–H groups in total. The van der Waals surface area contributed by atoms with Gasteiger partial charge >= 0.3 is 0 Å². The second kappa shape index (κ2) is 9.37. The molecule has 0 radical (unpaired) electrons. The van der Waals surface area contributed by atoms with Crippen molar-refractivity contribution in [3.05, 3.63) is 87.1 Å². The Balaban J connectivity index is 1.79. The number of aryl methyl sites for hydroxylation is 3. The van der Waals surface area contributed by atoms with Crippen molar-refractivity contribution < 1.29 is 0 Å². The lowest BCUT2D eigenvalue weighted by atomic mass is 9.98. The lowest BCUT2D eigenvalue weighted by Crippen LogP contribution is -2.23. The van der Waals surface area contributed by atoms with Crippen LogP contribution in [0.4, 0.5) is 0 Å². The van der Waals surface area contributed by atoms with E-state index in [1.807, 2.05) is 0 Å². The first-order chi connectivity index (χ1) is 13.1. The molecule has 0 bridgehead atoms. The molecule has 0 saturated heterocycles. The molecule has 0 aliphatic heterocycles. The summed E-state index contributed by atoms with van der Waals surface area (Å²) in [5, 5.41) is 3.41. The summed E-state index contributed by atoms with van der Waals surface area (Å²) >= 11 is 0. The largest absolute Gasteiger partial charge is 0.0835 e. The monoisotopic (exact) mass is 374 g/mol. The van der Waals surface area contributed by atoms with Crippen molar-refractivity contribution in [3.63, 3.8) is 0 Å². The fraction of sp³-hybridized carbons (Fsp3) is 0.385. The van der Waals surface area contributed by atoms with Gasteiger partial charge in [0.1, 0.15) is 0 Å². The quantitative estimate of drug-likeness (QED) is 0.404. The number of hydrogen-bond donors (Lipinski definition) is 0. The normalized spacial score (nSPS) is 14.4. The Morgan fingerprint density at radius 3 is 2.30 bits per heavy atom. The first-order valence-corrected chi connectivity index (χ1v) is 12.0. The molecule has 1 aliphatic rings. The predicted molar refractivity (Wildman–Crippen MR) is 123 cm³/mol. The fourth-order valence-electron chi connectivity index (χ4n) is 4.45. The highest BCUT2D eigenvalue weighted by Gasteiger charge is 2.18. The SMILES string of the molecule is CCCCCC1=C(Cc2ccccc2)C=C([SiH2]c2c(C)cc(C)cc2C)C1. The Bertz CT molecular complexity index is 817. The second-order valence-corrected chi connectivity index (χ2v) is 10.3. The Labute approximate surface area is 168 Å². The summed E-state index contributed by atoms with van der Waals surface area (Å²) in [6, 6.07) is 15.7. The van der Waals surface area contributed by atoms with Crippen LogP contribution in [-0.4, -0.2) is 9.52 Å². The average molecular weight is 375 g/mol. The Kier molecular flexibility index (Phi) is 6.90. The molecule has 0 heterocycles. The zero-order chi connectivity index (χ0) is 19.2. The summed E-state index contributed by atoms with van der Waals surface area (Å²) < 4.78 is 0. The van der Waals surface area contributed by atoms with Gasteiger partial charge in [-0.25, -0.2) is 0 Å². The first-order valence-electron chi connectivity index (χ1n) is 10.6. The van der Waals surface area contributed by atoms with Gasteiger partial charge in [0.15, 0.2) is 0 Å². The molecule has 0 fully saturated rings. The third-order valence-electron chi connectivity index (χ3n) is 5.84. The molecule has 0 unspecified atom stereocenters. The molecule has 1 heteroatoms. The topological polar surface area (TPSA) is 0 Å². The van der Waals surface area contributed by atoms with E-state index in [9.17, 15) is 0 Å². The van der Waals surface area contributed by atoms with E-state index in [0.717, 1.165) is 6.42 Å². The summed E-state index contributed by atoms with van der Waals surface area (Å²) in [6.07, 6.45) is 10.2. The second-order valence-electron chi connectivity index (χ2n) is 8.28.